The van der Waals surface area contributed by atoms with E-state index in [2.05, 4.69) is 9.82 Å². The van der Waals surface area contributed by atoms with Gasteiger partial charge in [-0.15, -0.1) is 0 Å². The Labute approximate surface area is 148 Å². The first-order chi connectivity index (χ1) is 11.9. The number of methoxy groups -OCH3 is 2. The minimum absolute atomic E-state index is 0.185. The third kappa shape index (κ3) is 3.58. The summed E-state index contributed by atoms with van der Waals surface area (Å²) in [7, 11) is -0.766. The van der Waals surface area contributed by atoms with Crippen molar-refractivity contribution >= 4 is 15.7 Å². The van der Waals surface area contributed by atoms with Crippen LogP contribution in [0.15, 0.2) is 29.3 Å². The van der Waals surface area contributed by atoms with E-state index in [1.54, 1.807) is 36.0 Å². The van der Waals surface area contributed by atoms with E-state index in [9.17, 15) is 8.42 Å². The van der Waals surface area contributed by atoms with Crippen LogP contribution in [0.5, 0.6) is 11.5 Å². The van der Waals surface area contributed by atoms with E-state index >= 15 is 0 Å². The summed E-state index contributed by atoms with van der Waals surface area (Å²) in [5.74, 6) is 0.960. The average molecular weight is 365 g/mol. The van der Waals surface area contributed by atoms with Gasteiger partial charge in [-0.2, -0.15) is 5.10 Å². The molecule has 25 heavy (non-hydrogen) atoms. The second-order valence-electron chi connectivity index (χ2n) is 6.17. The quantitative estimate of drug-likeness (QED) is 0.850. The van der Waals surface area contributed by atoms with Gasteiger partial charge in [-0.3, -0.25) is 9.40 Å². The molecule has 0 aliphatic heterocycles. The Balaban J connectivity index is 1.92. The lowest BCUT2D eigenvalue weighted by molar-refractivity contribution is 0.405. The molecule has 0 amide bonds. The largest absolute Gasteiger partial charge is 0.497 e. The number of ether oxygens (including phenoxy) is 2. The second-order valence-corrected chi connectivity index (χ2v) is 7.82. The SMILES string of the molecule is COc1ccc(OC)c(NS(=O)(=O)c2cn(C3CCCC3)nc2C)c1. The van der Waals surface area contributed by atoms with Crippen molar-refractivity contribution in [2.45, 2.75) is 43.5 Å². The zero-order chi connectivity index (χ0) is 18.0. The minimum Gasteiger partial charge on any atom is -0.497 e. The van der Waals surface area contributed by atoms with Gasteiger partial charge < -0.3 is 9.47 Å². The molecule has 0 unspecified atom stereocenters. The predicted molar refractivity (Wildman–Crippen MR) is 94.8 cm³/mol. The highest BCUT2D eigenvalue weighted by Gasteiger charge is 2.25. The van der Waals surface area contributed by atoms with E-state index in [4.69, 9.17) is 9.47 Å². The fourth-order valence-corrected chi connectivity index (χ4v) is 4.41. The van der Waals surface area contributed by atoms with Crippen LogP contribution >= 0.6 is 0 Å². The van der Waals surface area contributed by atoms with Gasteiger partial charge in [0.2, 0.25) is 0 Å². The van der Waals surface area contributed by atoms with E-state index in [1.165, 1.54) is 14.2 Å². The van der Waals surface area contributed by atoms with E-state index < -0.39 is 10.0 Å². The molecule has 1 aliphatic rings. The first-order valence-electron chi connectivity index (χ1n) is 8.25. The lowest BCUT2D eigenvalue weighted by atomic mass is 10.3. The minimum atomic E-state index is -3.78. The summed E-state index contributed by atoms with van der Waals surface area (Å²) in [5.41, 5.74) is 0.816. The Bertz CT molecular complexity index is 855. The van der Waals surface area contributed by atoms with E-state index in [-0.39, 0.29) is 10.9 Å². The molecule has 3 rings (SSSR count). The second kappa shape index (κ2) is 6.95. The molecule has 0 bridgehead atoms. The lowest BCUT2D eigenvalue weighted by Crippen LogP contribution is -2.14. The molecule has 1 aliphatic carbocycles. The molecular formula is C17H23N3O4S. The third-order valence-corrected chi connectivity index (χ3v) is 5.98. The van der Waals surface area contributed by atoms with E-state index in [0.717, 1.165) is 25.7 Å². The summed E-state index contributed by atoms with van der Waals surface area (Å²) in [4.78, 5) is 0.185. The summed E-state index contributed by atoms with van der Waals surface area (Å²) in [5, 5.41) is 4.42. The van der Waals surface area contributed by atoms with Crippen LogP contribution in [0.3, 0.4) is 0 Å². The Morgan fingerprint density at radius 3 is 2.56 bits per heavy atom. The van der Waals surface area contributed by atoms with Crippen LogP contribution in [0.25, 0.3) is 0 Å². The highest BCUT2D eigenvalue weighted by atomic mass is 32.2. The number of sulfonamides is 1. The van der Waals surface area contributed by atoms with Crippen molar-refractivity contribution in [2.24, 2.45) is 0 Å². The van der Waals surface area contributed by atoms with Crippen molar-refractivity contribution in [1.29, 1.82) is 0 Å². The van der Waals surface area contributed by atoms with Crippen LogP contribution in [0, 0.1) is 6.92 Å². The summed E-state index contributed by atoms with van der Waals surface area (Å²) < 4.78 is 40.5. The van der Waals surface area contributed by atoms with Crippen molar-refractivity contribution < 1.29 is 17.9 Å². The van der Waals surface area contributed by atoms with Crippen molar-refractivity contribution in [3.05, 3.63) is 30.1 Å². The number of nitrogens with one attached hydrogen (secondary N) is 1. The van der Waals surface area contributed by atoms with Gasteiger partial charge in [0.25, 0.3) is 10.0 Å². The van der Waals surface area contributed by atoms with Crippen LogP contribution in [-0.2, 0) is 10.0 Å². The molecule has 1 N–H and O–H groups in total. The van der Waals surface area contributed by atoms with Gasteiger partial charge in [0.15, 0.2) is 0 Å². The smallest absolute Gasteiger partial charge is 0.265 e. The normalized spacial score (nSPS) is 15.3. The van der Waals surface area contributed by atoms with Gasteiger partial charge in [0.1, 0.15) is 16.4 Å². The summed E-state index contributed by atoms with van der Waals surface area (Å²) in [6, 6.07) is 5.24. The highest BCUT2D eigenvalue weighted by molar-refractivity contribution is 7.92. The van der Waals surface area contributed by atoms with Gasteiger partial charge in [-0.1, -0.05) is 12.8 Å². The highest BCUT2D eigenvalue weighted by Crippen LogP contribution is 2.33. The standard InChI is InChI=1S/C17H23N3O4S/c1-12-17(11-20(18-12)13-6-4-5-7-13)25(21,22)19-15-10-14(23-2)8-9-16(15)24-3/h8-11,13,19H,4-7H2,1-3H3. The van der Waals surface area contributed by atoms with Crippen molar-refractivity contribution in [3.63, 3.8) is 0 Å². The molecule has 0 atom stereocenters. The molecule has 1 heterocycles. The van der Waals surface area contributed by atoms with E-state index in [1.807, 2.05) is 0 Å². The molecule has 136 valence electrons. The molecule has 1 aromatic heterocycles. The zero-order valence-corrected chi connectivity index (χ0v) is 15.5. The van der Waals surface area contributed by atoms with E-state index in [0.29, 0.717) is 22.9 Å². The number of rotatable bonds is 6. The topological polar surface area (TPSA) is 82.5 Å². The van der Waals surface area contributed by atoms with Crippen LogP contribution < -0.4 is 14.2 Å². The number of aryl methyl sites for hydroxylation is 1. The number of benzene rings is 1. The molecule has 2 aromatic rings. The maximum absolute atomic E-state index is 12.9. The van der Waals surface area contributed by atoms with Crippen LogP contribution in [0.2, 0.25) is 0 Å². The van der Waals surface area contributed by atoms with Crippen molar-refractivity contribution in [2.75, 3.05) is 18.9 Å². The maximum atomic E-state index is 12.9. The molecule has 1 saturated carbocycles. The molecule has 8 heteroatoms. The fourth-order valence-electron chi connectivity index (χ4n) is 3.18. The molecule has 0 saturated heterocycles. The predicted octanol–water partition coefficient (Wildman–Crippen LogP) is 3.12. The van der Waals surface area contributed by atoms with Gasteiger partial charge >= 0.3 is 0 Å². The zero-order valence-electron chi connectivity index (χ0n) is 14.7. The third-order valence-electron chi connectivity index (χ3n) is 4.51. The molecule has 0 radical (unpaired) electrons. The lowest BCUT2D eigenvalue weighted by Gasteiger charge is -2.12. The molecule has 7 nitrogen and oxygen atoms in total. The van der Waals surface area contributed by atoms with Gasteiger partial charge in [0, 0.05) is 12.3 Å². The Morgan fingerprint density at radius 2 is 1.92 bits per heavy atom. The Hall–Kier alpha value is -2.22. The average Bonchev–Trinajstić information content (AvgIpc) is 3.23. The monoisotopic (exact) mass is 365 g/mol. The molecule has 1 fully saturated rings. The van der Waals surface area contributed by atoms with Gasteiger partial charge in [0.05, 0.1) is 31.6 Å². The van der Waals surface area contributed by atoms with Crippen LogP contribution in [0.4, 0.5) is 5.69 Å². The maximum Gasteiger partial charge on any atom is 0.265 e. The summed E-state index contributed by atoms with van der Waals surface area (Å²) in [6.45, 7) is 1.71. The van der Waals surface area contributed by atoms with Crippen molar-refractivity contribution in [1.82, 2.24) is 9.78 Å². The first kappa shape index (κ1) is 17.6. The van der Waals surface area contributed by atoms with Crippen LogP contribution in [-0.4, -0.2) is 32.4 Å². The number of aromatic nitrogens is 2. The number of hydrogen-bond acceptors (Lipinski definition) is 5. The van der Waals surface area contributed by atoms with Gasteiger partial charge in [-0.25, -0.2) is 8.42 Å². The fraction of sp³-hybridized carbons (Fsp3) is 0.471. The van der Waals surface area contributed by atoms with Gasteiger partial charge in [-0.05, 0) is 31.9 Å². The molecule has 1 aromatic carbocycles. The Kier molecular flexibility index (Phi) is 4.89. The van der Waals surface area contributed by atoms with Crippen LogP contribution in [0.1, 0.15) is 37.4 Å². The summed E-state index contributed by atoms with van der Waals surface area (Å²) in [6.07, 6.45) is 6.02. The molecule has 0 spiro atoms. The van der Waals surface area contributed by atoms with Crippen molar-refractivity contribution in [3.8, 4) is 11.5 Å². The summed E-state index contributed by atoms with van der Waals surface area (Å²) >= 11 is 0. The number of anilines is 1. The Morgan fingerprint density at radius 1 is 1.20 bits per heavy atom. The first-order valence-corrected chi connectivity index (χ1v) is 9.73. The molecular weight excluding hydrogens is 342 g/mol. The number of nitrogens with zero attached hydrogens (tertiary/aromatic N) is 2. The number of hydrogen-bond donors (Lipinski definition) is 1.